The van der Waals surface area contributed by atoms with Crippen LogP contribution in [0.5, 0.6) is 5.75 Å². The number of hydrogen-bond acceptors (Lipinski definition) is 4. The van der Waals surface area contributed by atoms with Gasteiger partial charge in [0.25, 0.3) is 0 Å². The molecule has 1 aromatic heterocycles. The molecule has 0 saturated heterocycles. The summed E-state index contributed by atoms with van der Waals surface area (Å²) in [6.45, 7) is 2.95. The highest BCUT2D eigenvalue weighted by atomic mass is 19.1. The Balaban J connectivity index is 1.74. The number of hydrogen-bond donors (Lipinski definition) is 1. The summed E-state index contributed by atoms with van der Waals surface area (Å²) >= 11 is 0. The first-order valence-electron chi connectivity index (χ1n) is 5.66. The van der Waals surface area contributed by atoms with Crippen LogP contribution in [0.2, 0.25) is 0 Å². The zero-order chi connectivity index (χ0) is 12.8. The van der Waals surface area contributed by atoms with Crippen LogP contribution in [0.3, 0.4) is 0 Å². The normalized spacial score (nSPS) is 10.1. The Hall–Kier alpha value is -2.17. The van der Waals surface area contributed by atoms with E-state index in [1.807, 2.05) is 13.0 Å². The van der Waals surface area contributed by atoms with Crippen molar-refractivity contribution in [2.45, 2.75) is 6.92 Å². The van der Waals surface area contributed by atoms with Crippen LogP contribution in [-0.4, -0.2) is 23.1 Å². The fourth-order valence-electron chi connectivity index (χ4n) is 1.40. The smallest absolute Gasteiger partial charge is 0.222 e. The summed E-state index contributed by atoms with van der Waals surface area (Å²) < 4.78 is 18.1. The molecule has 94 valence electrons. The Bertz CT molecular complexity index is 502. The van der Waals surface area contributed by atoms with Gasteiger partial charge in [0, 0.05) is 11.9 Å². The SMILES string of the molecule is Cc1ccnc(NCCOc2ccc(F)cc2)n1. The minimum atomic E-state index is -0.270. The van der Waals surface area contributed by atoms with Crippen LogP contribution in [0, 0.1) is 12.7 Å². The van der Waals surface area contributed by atoms with Crippen molar-refractivity contribution in [1.82, 2.24) is 9.97 Å². The minimum absolute atomic E-state index is 0.270. The Morgan fingerprint density at radius 2 is 2.00 bits per heavy atom. The lowest BCUT2D eigenvalue weighted by Crippen LogP contribution is -2.13. The number of anilines is 1. The van der Waals surface area contributed by atoms with Crippen LogP contribution in [0.4, 0.5) is 10.3 Å². The quantitative estimate of drug-likeness (QED) is 0.824. The van der Waals surface area contributed by atoms with Crippen molar-refractivity contribution < 1.29 is 9.13 Å². The van der Waals surface area contributed by atoms with Gasteiger partial charge in [0.1, 0.15) is 18.2 Å². The second-order valence-electron chi connectivity index (χ2n) is 3.75. The third kappa shape index (κ3) is 3.69. The number of nitrogens with zero attached hydrogens (tertiary/aromatic N) is 2. The number of ether oxygens (including phenoxy) is 1. The maximum atomic E-state index is 12.6. The zero-order valence-electron chi connectivity index (χ0n) is 10.1. The fourth-order valence-corrected chi connectivity index (χ4v) is 1.40. The molecule has 0 saturated carbocycles. The zero-order valence-corrected chi connectivity index (χ0v) is 10.1. The molecule has 0 spiro atoms. The number of rotatable bonds is 5. The molecule has 0 aliphatic heterocycles. The van der Waals surface area contributed by atoms with Crippen molar-refractivity contribution in [2.24, 2.45) is 0 Å². The van der Waals surface area contributed by atoms with Gasteiger partial charge in [-0.3, -0.25) is 0 Å². The first-order valence-corrected chi connectivity index (χ1v) is 5.66. The predicted octanol–water partition coefficient (Wildman–Crippen LogP) is 2.42. The molecule has 0 unspecified atom stereocenters. The Morgan fingerprint density at radius 3 is 2.72 bits per heavy atom. The molecule has 1 aromatic carbocycles. The Morgan fingerprint density at radius 1 is 1.22 bits per heavy atom. The molecule has 1 N–H and O–H groups in total. The summed E-state index contributed by atoms with van der Waals surface area (Å²) in [6.07, 6.45) is 1.70. The Kier molecular flexibility index (Phi) is 4.06. The molecule has 0 fully saturated rings. The highest BCUT2D eigenvalue weighted by Crippen LogP contribution is 2.10. The van der Waals surface area contributed by atoms with Gasteiger partial charge in [-0.15, -0.1) is 0 Å². The molecule has 4 nitrogen and oxygen atoms in total. The fraction of sp³-hybridized carbons (Fsp3) is 0.231. The van der Waals surface area contributed by atoms with Crippen LogP contribution in [-0.2, 0) is 0 Å². The van der Waals surface area contributed by atoms with Gasteiger partial charge in [0.15, 0.2) is 0 Å². The molecule has 2 aromatic rings. The van der Waals surface area contributed by atoms with E-state index in [0.29, 0.717) is 24.8 Å². The molecule has 1 heterocycles. The molecule has 2 rings (SSSR count). The van der Waals surface area contributed by atoms with E-state index in [-0.39, 0.29) is 5.82 Å². The maximum absolute atomic E-state index is 12.6. The van der Waals surface area contributed by atoms with Gasteiger partial charge < -0.3 is 10.1 Å². The van der Waals surface area contributed by atoms with E-state index in [1.54, 1.807) is 18.3 Å². The Labute approximate surface area is 105 Å². The van der Waals surface area contributed by atoms with E-state index >= 15 is 0 Å². The van der Waals surface area contributed by atoms with Gasteiger partial charge in [-0.05, 0) is 37.3 Å². The third-order valence-electron chi connectivity index (χ3n) is 2.26. The lowest BCUT2D eigenvalue weighted by Gasteiger charge is -2.07. The van der Waals surface area contributed by atoms with E-state index < -0.39 is 0 Å². The molecular weight excluding hydrogens is 233 g/mol. The highest BCUT2D eigenvalue weighted by molar-refractivity contribution is 5.25. The summed E-state index contributed by atoms with van der Waals surface area (Å²) in [7, 11) is 0. The maximum Gasteiger partial charge on any atom is 0.222 e. The largest absolute Gasteiger partial charge is 0.492 e. The highest BCUT2D eigenvalue weighted by Gasteiger charge is 1.97. The van der Waals surface area contributed by atoms with Crippen molar-refractivity contribution >= 4 is 5.95 Å². The first-order chi connectivity index (χ1) is 8.74. The van der Waals surface area contributed by atoms with Crippen LogP contribution in [0.1, 0.15) is 5.69 Å². The van der Waals surface area contributed by atoms with Crippen molar-refractivity contribution in [1.29, 1.82) is 0 Å². The summed E-state index contributed by atoms with van der Waals surface area (Å²) in [5.41, 5.74) is 0.909. The summed E-state index contributed by atoms with van der Waals surface area (Å²) in [4.78, 5) is 8.27. The van der Waals surface area contributed by atoms with Crippen molar-refractivity contribution in [3.05, 3.63) is 48.0 Å². The molecule has 18 heavy (non-hydrogen) atoms. The third-order valence-corrected chi connectivity index (χ3v) is 2.26. The summed E-state index contributed by atoms with van der Waals surface area (Å²) in [5.74, 6) is 0.953. The van der Waals surface area contributed by atoms with Crippen LogP contribution < -0.4 is 10.1 Å². The second-order valence-corrected chi connectivity index (χ2v) is 3.75. The van der Waals surface area contributed by atoms with Gasteiger partial charge >= 0.3 is 0 Å². The van der Waals surface area contributed by atoms with E-state index in [0.717, 1.165) is 5.69 Å². The molecule has 0 radical (unpaired) electrons. The van der Waals surface area contributed by atoms with Gasteiger partial charge in [-0.2, -0.15) is 0 Å². The van der Waals surface area contributed by atoms with E-state index in [1.165, 1.54) is 12.1 Å². The number of halogens is 1. The molecule has 0 aliphatic rings. The van der Waals surface area contributed by atoms with Gasteiger partial charge in [-0.1, -0.05) is 0 Å². The minimum Gasteiger partial charge on any atom is -0.492 e. The summed E-state index contributed by atoms with van der Waals surface area (Å²) in [6, 6.07) is 7.76. The standard InChI is InChI=1S/C13H14FN3O/c1-10-6-7-15-13(17-10)16-8-9-18-12-4-2-11(14)3-5-12/h2-7H,8-9H2,1H3,(H,15,16,17). The van der Waals surface area contributed by atoms with Crippen LogP contribution in [0.25, 0.3) is 0 Å². The van der Waals surface area contributed by atoms with Gasteiger partial charge in [0.2, 0.25) is 5.95 Å². The second kappa shape index (κ2) is 5.95. The number of nitrogens with one attached hydrogen (secondary N) is 1. The van der Waals surface area contributed by atoms with Gasteiger partial charge in [0.05, 0.1) is 6.54 Å². The molecule has 0 bridgehead atoms. The molecule has 0 amide bonds. The molecular formula is C13H14FN3O. The van der Waals surface area contributed by atoms with E-state index in [4.69, 9.17) is 4.74 Å². The molecule has 0 atom stereocenters. The number of aryl methyl sites for hydroxylation is 1. The van der Waals surface area contributed by atoms with Crippen molar-refractivity contribution in [3.8, 4) is 5.75 Å². The monoisotopic (exact) mass is 247 g/mol. The average molecular weight is 247 g/mol. The van der Waals surface area contributed by atoms with E-state index in [9.17, 15) is 4.39 Å². The summed E-state index contributed by atoms with van der Waals surface area (Å²) in [5, 5.41) is 3.05. The average Bonchev–Trinajstić information content (AvgIpc) is 2.37. The lowest BCUT2D eigenvalue weighted by atomic mass is 10.3. The van der Waals surface area contributed by atoms with Crippen LogP contribution >= 0.6 is 0 Å². The first kappa shape index (κ1) is 12.3. The molecule has 0 aliphatic carbocycles. The molecule has 5 heteroatoms. The van der Waals surface area contributed by atoms with Gasteiger partial charge in [-0.25, -0.2) is 14.4 Å². The number of aromatic nitrogens is 2. The topological polar surface area (TPSA) is 47.0 Å². The van der Waals surface area contributed by atoms with E-state index in [2.05, 4.69) is 15.3 Å². The van der Waals surface area contributed by atoms with Crippen LogP contribution in [0.15, 0.2) is 36.5 Å². The lowest BCUT2D eigenvalue weighted by molar-refractivity contribution is 0.332. The van der Waals surface area contributed by atoms with Crippen molar-refractivity contribution in [3.63, 3.8) is 0 Å². The van der Waals surface area contributed by atoms with Crippen molar-refractivity contribution in [2.75, 3.05) is 18.5 Å². The number of benzene rings is 1. The predicted molar refractivity (Wildman–Crippen MR) is 67.2 cm³/mol.